The number of thiophene rings is 1. The molecule has 2 heterocycles. The normalized spacial score (nSPS) is 12.6. The molecule has 1 amide bonds. The first-order chi connectivity index (χ1) is 15.3. The monoisotopic (exact) mass is 551 g/mol. The summed E-state index contributed by atoms with van der Waals surface area (Å²) < 4.78 is 35.2. The number of nitrogens with zero attached hydrogens (tertiary/aromatic N) is 1. The average molecular weight is 552 g/mol. The molecule has 1 unspecified atom stereocenters. The quantitative estimate of drug-likeness (QED) is 0.332. The molecule has 166 valence electrons. The summed E-state index contributed by atoms with van der Waals surface area (Å²) >= 11 is 5.65. The standard InChI is InChI=1S/C21H18BrN3O4S3/c1-29-14-7-8-15-17(12-14)30-21(23-15)24-20(26)16(11-13-5-3-2-4-6-13)25-32(27,28)19-10-9-18(22)31-19/h2-10,12,16,25H,11H2,1H3,(H,23,24,26). The van der Waals surface area contributed by atoms with Crippen LogP contribution < -0.4 is 14.8 Å². The van der Waals surface area contributed by atoms with Crippen LogP contribution in [-0.4, -0.2) is 32.5 Å². The molecule has 1 atom stereocenters. The van der Waals surface area contributed by atoms with Crippen molar-refractivity contribution >= 4 is 69.9 Å². The molecule has 0 radical (unpaired) electrons. The van der Waals surface area contributed by atoms with Crippen LogP contribution in [0.1, 0.15) is 5.56 Å². The van der Waals surface area contributed by atoms with E-state index in [0.29, 0.717) is 14.7 Å². The van der Waals surface area contributed by atoms with Gasteiger partial charge in [0.05, 0.1) is 21.1 Å². The van der Waals surface area contributed by atoms with Gasteiger partial charge in [0.1, 0.15) is 16.0 Å². The second-order valence-electron chi connectivity index (χ2n) is 6.76. The number of hydrogen-bond donors (Lipinski definition) is 2. The van der Waals surface area contributed by atoms with Crippen molar-refractivity contribution in [3.63, 3.8) is 0 Å². The number of hydrogen-bond acceptors (Lipinski definition) is 7. The number of fused-ring (bicyclic) bond motifs is 1. The molecule has 2 aromatic carbocycles. The highest BCUT2D eigenvalue weighted by Gasteiger charge is 2.28. The van der Waals surface area contributed by atoms with Crippen LogP contribution in [0.4, 0.5) is 5.13 Å². The molecule has 11 heteroatoms. The summed E-state index contributed by atoms with van der Waals surface area (Å²) in [5.41, 5.74) is 1.55. The van der Waals surface area contributed by atoms with Crippen LogP contribution in [0.3, 0.4) is 0 Å². The Balaban J connectivity index is 1.59. The van der Waals surface area contributed by atoms with E-state index in [4.69, 9.17) is 4.74 Å². The Morgan fingerprint density at radius 3 is 2.59 bits per heavy atom. The Bertz CT molecular complexity index is 1350. The van der Waals surface area contributed by atoms with E-state index in [1.54, 1.807) is 25.3 Å². The number of sulfonamides is 1. The van der Waals surface area contributed by atoms with Crippen LogP contribution >= 0.6 is 38.6 Å². The fourth-order valence-electron chi connectivity index (χ4n) is 3.00. The summed E-state index contributed by atoms with van der Waals surface area (Å²) in [6.45, 7) is 0. The van der Waals surface area contributed by atoms with E-state index in [2.05, 4.69) is 31.0 Å². The van der Waals surface area contributed by atoms with Crippen molar-refractivity contribution in [2.24, 2.45) is 0 Å². The lowest BCUT2D eigenvalue weighted by Crippen LogP contribution is -2.45. The third kappa shape index (κ3) is 5.36. The molecule has 0 saturated heterocycles. The van der Waals surface area contributed by atoms with E-state index in [-0.39, 0.29) is 10.6 Å². The molecule has 4 aromatic rings. The summed E-state index contributed by atoms with van der Waals surface area (Å²) in [6.07, 6.45) is 0.192. The van der Waals surface area contributed by atoms with Gasteiger partial charge in [0.2, 0.25) is 5.91 Å². The molecule has 2 aromatic heterocycles. The Labute approximate surface area is 201 Å². The van der Waals surface area contributed by atoms with Gasteiger partial charge < -0.3 is 10.1 Å². The number of ether oxygens (including phenoxy) is 1. The molecule has 0 aliphatic heterocycles. The number of rotatable bonds is 8. The molecule has 0 bridgehead atoms. The number of benzene rings is 2. The van der Waals surface area contributed by atoms with Gasteiger partial charge >= 0.3 is 0 Å². The van der Waals surface area contributed by atoms with Crippen molar-refractivity contribution < 1.29 is 17.9 Å². The van der Waals surface area contributed by atoms with Crippen LogP contribution in [0.15, 0.2) is 68.7 Å². The Morgan fingerprint density at radius 2 is 1.91 bits per heavy atom. The van der Waals surface area contributed by atoms with Crippen molar-refractivity contribution in [2.75, 3.05) is 12.4 Å². The number of nitrogens with one attached hydrogen (secondary N) is 2. The number of halogens is 1. The molecule has 2 N–H and O–H groups in total. The van der Waals surface area contributed by atoms with Gasteiger partial charge in [-0.05, 0) is 58.2 Å². The SMILES string of the molecule is COc1ccc2nc(NC(=O)C(Cc3ccccc3)NS(=O)(=O)c3ccc(Br)s3)sc2c1. The van der Waals surface area contributed by atoms with Gasteiger partial charge in [-0.25, -0.2) is 13.4 Å². The van der Waals surface area contributed by atoms with Crippen LogP contribution in [0.5, 0.6) is 5.75 Å². The van der Waals surface area contributed by atoms with E-state index in [1.165, 1.54) is 17.4 Å². The van der Waals surface area contributed by atoms with Gasteiger partial charge in [0.25, 0.3) is 10.0 Å². The average Bonchev–Trinajstić information content (AvgIpc) is 3.39. The minimum atomic E-state index is -3.89. The highest BCUT2D eigenvalue weighted by molar-refractivity contribution is 9.11. The van der Waals surface area contributed by atoms with Crippen molar-refractivity contribution in [2.45, 2.75) is 16.7 Å². The minimum Gasteiger partial charge on any atom is -0.497 e. The number of methoxy groups -OCH3 is 1. The molecular formula is C21H18BrN3O4S3. The fraction of sp³-hybridized carbons (Fsp3) is 0.143. The number of anilines is 1. The molecular weight excluding hydrogens is 534 g/mol. The maximum atomic E-state index is 13.1. The van der Waals surface area contributed by atoms with Gasteiger partial charge in [0.15, 0.2) is 5.13 Å². The first-order valence-electron chi connectivity index (χ1n) is 9.41. The lowest BCUT2D eigenvalue weighted by atomic mass is 10.1. The second-order valence-corrected chi connectivity index (χ2v) is 12.2. The maximum Gasteiger partial charge on any atom is 0.250 e. The molecule has 0 saturated carbocycles. The number of thiazole rings is 1. The predicted octanol–water partition coefficient (Wildman–Crippen LogP) is 4.66. The zero-order valence-corrected chi connectivity index (χ0v) is 20.8. The highest BCUT2D eigenvalue weighted by Crippen LogP contribution is 2.30. The third-order valence-electron chi connectivity index (χ3n) is 4.54. The molecule has 0 spiro atoms. The molecule has 4 rings (SSSR count). The van der Waals surface area contributed by atoms with E-state index >= 15 is 0 Å². The fourth-order valence-corrected chi connectivity index (χ4v) is 7.12. The van der Waals surface area contributed by atoms with Gasteiger partial charge in [-0.1, -0.05) is 41.7 Å². The van der Waals surface area contributed by atoms with E-state index in [0.717, 1.165) is 27.1 Å². The minimum absolute atomic E-state index is 0.127. The predicted molar refractivity (Wildman–Crippen MR) is 131 cm³/mol. The number of carbonyl (C=O) groups is 1. The molecule has 0 aliphatic carbocycles. The summed E-state index contributed by atoms with van der Waals surface area (Å²) in [6, 6.07) is 16.8. The van der Waals surface area contributed by atoms with Crippen molar-refractivity contribution in [1.82, 2.24) is 9.71 Å². The summed E-state index contributed by atoms with van der Waals surface area (Å²) in [4.78, 5) is 17.6. The van der Waals surface area contributed by atoms with Gasteiger partial charge in [-0.15, -0.1) is 11.3 Å². The number of amides is 1. The van der Waals surface area contributed by atoms with E-state index < -0.39 is 22.0 Å². The molecule has 0 fully saturated rings. The summed E-state index contributed by atoms with van der Waals surface area (Å²) in [7, 11) is -2.30. The smallest absolute Gasteiger partial charge is 0.250 e. The van der Waals surface area contributed by atoms with E-state index in [9.17, 15) is 13.2 Å². The lowest BCUT2D eigenvalue weighted by Gasteiger charge is -2.17. The van der Waals surface area contributed by atoms with Crippen molar-refractivity contribution in [1.29, 1.82) is 0 Å². The summed E-state index contributed by atoms with van der Waals surface area (Å²) in [5.74, 6) is 0.204. The van der Waals surface area contributed by atoms with Crippen molar-refractivity contribution in [3.05, 3.63) is 70.0 Å². The van der Waals surface area contributed by atoms with Crippen LogP contribution in [0.2, 0.25) is 0 Å². The third-order valence-corrected chi connectivity index (χ3v) is 9.06. The zero-order valence-electron chi connectivity index (χ0n) is 16.7. The Hall–Kier alpha value is -2.31. The van der Waals surface area contributed by atoms with Gasteiger partial charge in [0, 0.05) is 0 Å². The zero-order chi connectivity index (χ0) is 22.7. The highest BCUT2D eigenvalue weighted by atomic mass is 79.9. The summed E-state index contributed by atoms with van der Waals surface area (Å²) in [5, 5.41) is 3.15. The second kappa shape index (κ2) is 9.67. The molecule has 7 nitrogen and oxygen atoms in total. The van der Waals surface area contributed by atoms with Crippen LogP contribution in [0.25, 0.3) is 10.2 Å². The molecule has 0 aliphatic rings. The van der Waals surface area contributed by atoms with Crippen LogP contribution in [-0.2, 0) is 21.2 Å². The van der Waals surface area contributed by atoms with Gasteiger partial charge in [-0.3, -0.25) is 4.79 Å². The number of aromatic nitrogens is 1. The molecule has 32 heavy (non-hydrogen) atoms. The topological polar surface area (TPSA) is 97.4 Å². The van der Waals surface area contributed by atoms with Crippen molar-refractivity contribution in [3.8, 4) is 5.75 Å². The van der Waals surface area contributed by atoms with Crippen LogP contribution in [0, 0.1) is 0 Å². The Morgan fingerprint density at radius 1 is 1.12 bits per heavy atom. The Kier molecular flexibility index (Phi) is 6.91. The number of carbonyl (C=O) groups excluding carboxylic acids is 1. The van der Waals surface area contributed by atoms with Gasteiger partial charge in [-0.2, -0.15) is 4.72 Å². The lowest BCUT2D eigenvalue weighted by molar-refractivity contribution is -0.117. The largest absolute Gasteiger partial charge is 0.497 e. The van der Waals surface area contributed by atoms with E-state index in [1.807, 2.05) is 36.4 Å². The maximum absolute atomic E-state index is 13.1. The first kappa shape index (κ1) is 22.9. The first-order valence-corrected chi connectivity index (χ1v) is 13.3.